The molecule has 91 heavy (non-hydrogen) atoms. The normalized spacial score (nSPS) is 11.4. The molecule has 0 atom stereocenters. The minimum absolute atomic E-state index is 0. The summed E-state index contributed by atoms with van der Waals surface area (Å²) in [7, 11) is 0. The molecule has 0 aliphatic heterocycles. The van der Waals surface area contributed by atoms with Crippen LogP contribution in [0.5, 0.6) is 0 Å². The quantitative estimate of drug-likeness (QED) is 0.148. The van der Waals surface area contributed by atoms with E-state index in [0.29, 0.717) is 29.2 Å². The summed E-state index contributed by atoms with van der Waals surface area (Å²) in [6.45, 7) is 0. The van der Waals surface area contributed by atoms with Gasteiger partial charge in [0.25, 0.3) is 0 Å². The van der Waals surface area contributed by atoms with Gasteiger partial charge in [0.15, 0.2) is 23.3 Å². The van der Waals surface area contributed by atoms with Crippen LogP contribution in [0.15, 0.2) is 291 Å². The molecule has 0 radical (unpaired) electrons. The van der Waals surface area contributed by atoms with Crippen LogP contribution in [-0.2, 0) is 6.42 Å². The van der Waals surface area contributed by atoms with Gasteiger partial charge in [-0.1, -0.05) is 280 Å². The molecule has 17 aromatic rings. The maximum Gasteiger partial charge on any atom is 1.00 e. The van der Waals surface area contributed by atoms with Gasteiger partial charge >= 0.3 is 29.6 Å². The maximum absolute atomic E-state index is 6.11. The monoisotopic (exact) mass is 1240 g/mol. The molecular weight excluding hydrogens is 1180 g/mol. The van der Waals surface area contributed by atoms with Crippen molar-refractivity contribution in [2.24, 2.45) is 0 Å². The Kier molecular flexibility index (Phi) is 16.5. The van der Waals surface area contributed by atoms with Crippen LogP contribution in [0.2, 0.25) is 5.28 Å². The first-order valence-corrected chi connectivity index (χ1v) is 31.5. The van der Waals surface area contributed by atoms with Gasteiger partial charge in [-0.2, -0.15) is 19.9 Å². The number of benzene rings is 12. The van der Waals surface area contributed by atoms with Gasteiger partial charge in [-0.25, -0.2) is 9.97 Å². The second kappa shape index (κ2) is 25.6. The van der Waals surface area contributed by atoms with Crippen LogP contribution >= 0.6 is 34.3 Å². The van der Waals surface area contributed by atoms with Gasteiger partial charge in [-0.05, 0) is 74.3 Å². The second-order valence-corrected chi connectivity index (χ2v) is 24.3. The fourth-order valence-corrected chi connectivity index (χ4v) is 14.9. The number of hydrogen-bond donors (Lipinski definition) is 0. The summed E-state index contributed by atoms with van der Waals surface area (Å²) < 4.78 is 7.60. The molecule has 7 nitrogen and oxygen atoms in total. The molecule has 0 fully saturated rings. The first-order valence-electron chi connectivity index (χ1n) is 29.5. The molecule has 0 saturated carbocycles. The van der Waals surface area contributed by atoms with Crippen LogP contribution in [0.3, 0.4) is 0 Å². The predicted molar refractivity (Wildman–Crippen MR) is 380 cm³/mol. The van der Waals surface area contributed by atoms with Crippen molar-refractivity contribution in [1.29, 1.82) is 0 Å². The van der Waals surface area contributed by atoms with E-state index in [4.69, 9.17) is 26.6 Å². The van der Waals surface area contributed by atoms with Crippen molar-refractivity contribution in [3.05, 3.63) is 308 Å². The summed E-state index contributed by atoms with van der Waals surface area (Å²) in [5.41, 5.74) is 16.4. The first-order chi connectivity index (χ1) is 44.0. The van der Waals surface area contributed by atoms with E-state index in [1.54, 1.807) is 0 Å². The van der Waals surface area contributed by atoms with E-state index in [1.165, 1.54) is 84.5 Å². The van der Waals surface area contributed by atoms with Crippen molar-refractivity contribution in [2.45, 2.75) is 13.8 Å². The minimum Gasteiger partial charge on any atom is -1.00 e. The molecule has 430 valence electrons. The van der Waals surface area contributed by atoms with Gasteiger partial charge in [0.1, 0.15) is 0 Å². The van der Waals surface area contributed by atoms with E-state index < -0.39 is 0 Å². The van der Waals surface area contributed by atoms with Crippen LogP contribution in [0, 0.1) is 0 Å². The molecular formula is C80H55ClN7NaS2. The third kappa shape index (κ3) is 11.3. The van der Waals surface area contributed by atoms with E-state index in [1.807, 2.05) is 108 Å². The van der Waals surface area contributed by atoms with Crippen molar-refractivity contribution < 1.29 is 31.0 Å². The zero-order valence-electron chi connectivity index (χ0n) is 49.7. The van der Waals surface area contributed by atoms with Gasteiger partial charge in [-0.3, -0.25) is 4.57 Å². The Labute approximate surface area is 563 Å². The summed E-state index contributed by atoms with van der Waals surface area (Å²) in [6, 6.07) is 101. The van der Waals surface area contributed by atoms with Crippen molar-refractivity contribution in [1.82, 2.24) is 34.5 Å². The van der Waals surface area contributed by atoms with Gasteiger partial charge in [0, 0.05) is 75.1 Å². The molecule has 18 rings (SSSR count). The van der Waals surface area contributed by atoms with Crippen molar-refractivity contribution in [3.63, 3.8) is 0 Å². The predicted octanol–water partition coefficient (Wildman–Crippen LogP) is 19.2. The molecule has 5 heterocycles. The average Bonchev–Trinajstić information content (AvgIpc) is 1.57. The summed E-state index contributed by atoms with van der Waals surface area (Å²) in [4.78, 5) is 28.4. The summed E-state index contributed by atoms with van der Waals surface area (Å²) in [5.74, 6) is 3.04. The standard InChI is InChI=1S/C39H24N4S.C21H14ClN3.C19H12S.CH4.Na.H/c1-3-11-25(12-4-1)26-19-21-28(22-20-26)38-40-37(27-13-5-2-6-14-27)41-39(42-38)43-33-17-9-7-15-29(33)31-23-24-32-30-16-8-10-18-34(30)44-36(32)35(31)43;22-21-24-19(17-9-5-2-6-10-17)23-20(25-21)18-13-11-16(12-14-18)15-7-3-1-4-8-15;1-2-6-13-12(5-1)11-17-14(13)9-10-16-15-7-3-4-8-18(15)20-19(16)17;;;/h1-24H;1-14H;1-10H,11H2;1H4;;/q;;;;+1;-1. The Morgan fingerprint density at radius 3 is 1.25 bits per heavy atom. The van der Waals surface area contributed by atoms with Crippen molar-refractivity contribution >= 4 is 96.4 Å². The van der Waals surface area contributed by atoms with Gasteiger partial charge in [0.05, 0.1) is 15.7 Å². The van der Waals surface area contributed by atoms with E-state index >= 15 is 0 Å². The maximum atomic E-state index is 6.11. The van der Waals surface area contributed by atoms with E-state index in [-0.39, 0.29) is 43.7 Å². The topological polar surface area (TPSA) is 82.3 Å². The minimum atomic E-state index is 0. The average molecular weight is 1240 g/mol. The number of thiophene rings is 2. The molecule has 1 aliphatic rings. The second-order valence-electron chi connectivity index (χ2n) is 21.8. The molecule has 0 spiro atoms. The van der Waals surface area contributed by atoms with E-state index in [0.717, 1.165) is 50.8 Å². The van der Waals surface area contributed by atoms with Gasteiger partial charge < -0.3 is 1.43 Å². The van der Waals surface area contributed by atoms with Crippen LogP contribution < -0.4 is 29.6 Å². The molecule has 0 unspecified atom stereocenters. The Hall–Kier alpha value is -9.81. The number of rotatable bonds is 7. The largest absolute Gasteiger partial charge is 1.00 e. The third-order valence-corrected chi connectivity index (χ3v) is 19.1. The van der Waals surface area contributed by atoms with Gasteiger partial charge in [0.2, 0.25) is 11.2 Å². The molecule has 5 aromatic heterocycles. The Balaban J connectivity index is 0.000000136. The number of hydrogen-bond acceptors (Lipinski definition) is 8. The number of para-hydroxylation sites is 1. The number of halogens is 1. The first kappa shape index (κ1) is 58.8. The zero-order valence-corrected chi connectivity index (χ0v) is 53.1. The fraction of sp³-hybridized carbons (Fsp3) is 0.0250. The number of fused-ring (bicyclic) bond motifs is 14. The van der Waals surface area contributed by atoms with Gasteiger partial charge in [-0.15, -0.1) is 22.7 Å². The Morgan fingerprint density at radius 1 is 0.319 bits per heavy atom. The van der Waals surface area contributed by atoms with E-state index in [9.17, 15) is 0 Å². The smallest absolute Gasteiger partial charge is 1.00 e. The van der Waals surface area contributed by atoms with Crippen LogP contribution in [0.4, 0.5) is 0 Å². The molecule has 1 aliphatic carbocycles. The molecule has 0 amide bonds. The molecule has 12 aromatic carbocycles. The zero-order chi connectivity index (χ0) is 59.2. The van der Waals surface area contributed by atoms with Crippen molar-refractivity contribution in [2.75, 3.05) is 0 Å². The summed E-state index contributed by atoms with van der Waals surface area (Å²) in [5, 5.41) is 7.88. The van der Waals surface area contributed by atoms with E-state index in [2.05, 4.69) is 226 Å². The van der Waals surface area contributed by atoms with Crippen LogP contribution in [0.1, 0.15) is 20.0 Å². The molecule has 0 bridgehead atoms. The summed E-state index contributed by atoms with van der Waals surface area (Å²) in [6.07, 6.45) is 1.08. The molecule has 0 N–H and O–H groups in total. The fourth-order valence-electron chi connectivity index (χ4n) is 12.2. The Morgan fingerprint density at radius 2 is 0.703 bits per heavy atom. The number of aromatic nitrogens is 7. The number of nitrogens with zero attached hydrogens (tertiary/aromatic N) is 7. The van der Waals surface area contributed by atoms with Crippen molar-refractivity contribution in [3.8, 4) is 84.9 Å². The summed E-state index contributed by atoms with van der Waals surface area (Å²) >= 11 is 9.88. The van der Waals surface area contributed by atoms with Crippen LogP contribution in [0.25, 0.3) is 147 Å². The molecule has 11 heteroatoms. The SMILES string of the molecule is C.Clc1nc(-c2ccccc2)nc(-c2ccc(-c3ccccc3)cc2)n1.[H-].[Na+].c1ccc(-c2ccc(-c3nc(-c4ccccc4)nc(-n4c5ccccc5c5ccc6c7ccccc7sc6c54)n3)cc2)cc1.c1ccc2c(c1)Cc1c-2ccc2c1sc1ccccc12. The molecule has 0 saturated heterocycles. The Bertz CT molecular complexity index is 5480. The van der Waals surface area contributed by atoms with Crippen LogP contribution in [-0.4, -0.2) is 34.5 Å². The third-order valence-electron chi connectivity index (χ3n) is 16.5.